The Morgan fingerprint density at radius 1 is 1.00 bits per heavy atom. The molecule has 7 heteroatoms. The number of benzene rings is 3. The van der Waals surface area contributed by atoms with Crippen LogP contribution in [-0.2, 0) is 30.9 Å². The van der Waals surface area contributed by atoms with Crippen molar-refractivity contribution in [2.24, 2.45) is 0 Å². The van der Waals surface area contributed by atoms with Gasteiger partial charge in [-0.15, -0.1) is 0 Å². The van der Waals surface area contributed by atoms with Crippen LogP contribution in [0.5, 0.6) is 5.75 Å². The van der Waals surface area contributed by atoms with Crippen LogP contribution in [0.3, 0.4) is 0 Å². The monoisotopic (exact) mass is 468 g/mol. The van der Waals surface area contributed by atoms with Gasteiger partial charge in [-0.25, -0.2) is 4.79 Å². The summed E-state index contributed by atoms with van der Waals surface area (Å²) >= 11 is 0. The van der Waals surface area contributed by atoms with E-state index < -0.39 is 0 Å². The Kier molecular flexibility index (Phi) is 7.97. The SMILES string of the molecule is N#CCc1ccc(OCc2ccccc2NC(=O)NCc2cccc(CN3CCCC3=O)c2)cc1. The van der Waals surface area contributed by atoms with Crippen LogP contribution in [0, 0.1) is 11.3 Å². The number of nitriles is 1. The van der Waals surface area contributed by atoms with Crippen molar-refractivity contribution >= 4 is 17.6 Å². The highest BCUT2D eigenvalue weighted by Crippen LogP contribution is 2.20. The van der Waals surface area contributed by atoms with E-state index in [2.05, 4.69) is 16.7 Å². The Bertz CT molecular complexity index is 1220. The molecule has 1 fully saturated rings. The van der Waals surface area contributed by atoms with E-state index in [1.54, 1.807) is 0 Å². The van der Waals surface area contributed by atoms with Crippen molar-refractivity contribution in [1.82, 2.24) is 10.2 Å². The lowest BCUT2D eigenvalue weighted by Gasteiger charge is -2.16. The van der Waals surface area contributed by atoms with Gasteiger partial charge >= 0.3 is 6.03 Å². The molecule has 0 bridgehead atoms. The number of hydrogen-bond donors (Lipinski definition) is 2. The fourth-order valence-corrected chi connectivity index (χ4v) is 4.00. The first-order valence-corrected chi connectivity index (χ1v) is 11.7. The van der Waals surface area contributed by atoms with Gasteiger partial charge in [0.15, 0.2) is 0 Å². The van der Waals surface area contributed by atoms with E-state index in [-0.39, 0.29) is 11.9 Å². The lowest BCUT2D eigenvalue weighted by atomic mass is 10.1. The van der Waals surface area contributed by atoms with E-state index in [1.807, 2.05) is 77.7 Å². The van der Waals surface area contributed by atoms with Crippen molar-refractivity contribution in [3.05, 3.63) is 95.1 Å². The summed E-state index contributed by atoms with van der Waals surface area (Å²) in [6.45, 7) is 2.08. The van der Waals surface area contributed by atoms with E-state index in [0.29, 0.717) is 44.0 Å². The largest absolute Gasteiger partial charge is 0.489 e. The number of ether oxygens (including phenoxy) is 1. The number of para-hydroxylation sites is 1. The predicted octanol–water partition coefficient (Wildman–Crippen LogP) is 4.78. The molecule has 0 aromatic heterocycles. The van der Waals surface area contributed by atoms with E-state index >= 15 is 0 Å². The fraction of sp³-hybridized carbons (Fsp3) is 0.250. The maximum absolute atomic E-state index is 12.6. The summed E-state index contributed by atoms with van der Waals surface area (Å²) < 4.78 is 5.87. The van der Waals surface area contributed by atoms with E-state index in [0.717, 1.165) is 35.2 Å². The average Bonchev–Trinajstić information content (AvgIpc) is 3.27. The van der Waals surface area contributed by atoms with E-state index in [4.69, 9.17) is 10.00 Å². The maximum Gasteiger partial charge on any atom is 0.319 e. The number of nitrogens with one attached hydrogen (secondary N) is 2. The molecule has 1 heterocycles. The molecular formula is C28H28N4O3. The first kappa shape index (κ1) is 23.8. The van der Waals surface area contributed by atoms with Crippen LogP contribution in [0.4, 0.5) is 10.5 Å². The van der Waals surface area contributed by atoms with Crippen LogP contribution in [0.15, 0.2) is 72.8 Å². The van der Waals surface area contributed by atoms with Gasteiger partial charge in [0.1, 0.15) is 12.4 Å². The second-order valence-corrected chi connectivity index (χ2v) is 8.47. The molecule has 0 aliphatic carbocycles. The molecule has 3 amide bonds. The zero-order valence-corrected chi connectivity index (χ0v) is 19.5. The normalized spacial score (nSPS) is 12.8. The third-order valence-corrected chi connectivity index (χ3v) is 5.86. The molecule has 0 spiro atoms. The number of anilines is 1. The molecule has 0 saturated carbocycles. The Hall–Kier alpha value is -4.31. The van der Waals surface area contributed by atoms with Crippen molar-refractivity contribution in [3.8, 4) is 11.8 Å². The molecule has 3 aromatic rings. The van der Waals surface area contributed by atoms with Crippen LogP contribution >= 0.6 is 0 Å². The summed E-state index contributed by atoms with van der Waals surface area (Å²) in [5.74, 6) is 0.896. The van der Waals surface area contributed by atoms with Crippen molar-refractivity contribution in [2.45, 2.75) is 39.0 Å². The number of likely N-dealkylation sites (tertiary alicyclic amines) is 1. The van der Waals surface area contributed by atoms with Gasteiger partial charge in [-0.3, -0.25) is 4.79 Å². The molecule has 1 aliphatic heterocycles. The number of hydrogen-bond acceptors (Lipinski definition) is 4. The van der Waals surface area contributed by atoms with Gasteiger partial charge in [-0.1, -0.05) is 54.6 Å². The first-order valence-electron chi connectivity index (χ1n) is 11.7. The predicted molar refractivity (Wildman–Crippen MR) is 133 cm³/mol. The summed E-state index contributed by atoms with van der Waals surface area (Å²) in [5.41, 5.74) is 4.49. The number of amides is 3. The lowest BCUT2D eigenvalue weighted by Crippen LogP contribution is -2.29. The van der Waals surface area contributed by atoms with Crippen LogP contribution in [-0.4, -0.2) is 23.4 Å². The van der Waals surface area contributed by atoms with Crippen molar-refractivity contribution in [1.29, 1.82) is 5.26 Å². The summed E-state index contributed by atoms with van der Waals surface area (Å²) in [6, 6.07) is 24.7. The van der Waals surface area contributed by atoms with Crippen LogP contribution < -0.4 is 15.4 Å². The molecule has 178 valence electrons. The Labute approximate surface area is 205 Å². The fourth-order valence-electron chi connectivity index (χ4n) is 4.00. The molecule has 1 aliphatic rings. The molecule has 1 saturated heterocycles. The van der Waals surface area contributed by atoms with Gasteiger partial charge in [0.2, 0.25) is 5.91 Å². The standard InChI is InChI=1S/C28H28N4O3/c29-15-14-21-10-12-25(13-11-21)35-20-24-7-1-2-8-26(24)31-28(34)30-18-22-5-3-6-23(17-22)19-32-16-4-9-27(32)33/h1-3,5-8,10-13,17H,4,9,14,16,18-20H2,(H2,30,31,34). The number of rotatable bonds is 9. The Morgan fingerprint density at radius 2 is 1.80 bits per heavy atom. The molecule has 0 radical (unpaired) electrons. The van der Waals surface area contributed by atoms with E-state index in [1.165, 1.54) is 0 Å². The van der Waals surface area contributed by atoms with Gasteiger partial charge in [-0.05, 0) is 41.3 Å². The minimum absolute atomic E-state index is 0.201. The highest BCUT2D eigenvalue weighted by Gasteiger charge is 2.20. The second-order valence-electron chi connectivity index (χ2n) is 8.47. The topological polar surface area (TPSA) is 94.5 Å². The van der Waals surface area contributed by atoms with Crippen LogP contribution in [0.25, 0.3) is 0 Å². The van der Waals surface area contributed by atoms with E-state index in [9.17, 15) is 9.59 Å². The summed E-state index contributed by atoms with van der Waals surface area (Å²) in [4.78, 5) is 26.3. The quantitative estimate of drug-likeness (QED) is 0.473. The number of carbonyl (C=O) groups excluding carboxylic acids is 2. The summed E-state index contributed by atoms with van der Waals surface area (Å²) in [7, 11) is 0. The minimum atomic E-state index is -0.307. The third kappa shape index (κ3) is 6.84. The number of urea groups is 1. The lowest BCUT2D eigenvalue weighted by molar-refractivity contribution is -0.128. The molecule has 4 rings (SSSR count). The molecule has 2 N–H and O–H groups in total. The smallest absolute Gasteiger partial charge is 0.319 e. The van der Waals surface area contributed by atoms with Crippen molar-refractivity contribution < 1.29 is 14.3 Å². The molecular weight excluding hydrogens is 440 g/mol. The summed E-state index contributed by atoms with van der Waals surface area (Å²) in [5, 5.41) is 14.6. The third-order valence-electron chi connectivity index (χ3n) is 5.86. The minimum Gasteiger partial charge on any atom is -0.489 e. The van der Waals surface area contributed by atoms with Gasteiger partial charge < -0.3 is 20.3 Å². The van der Waals surface area contributed by atoms with Crippen LogP contribution in [0.2, 0.25) is 0 Å². The summed E-state index contributed by atoms with van der Waals surface area (Å²) in [6.07, 6.45) is 1.91. The molecule has 3 aromatic carbocycles. The zero-order valence-electron chi connectivity index (χ0n) is 19.5. The molecule has 0 atom stereocenters. The Balaban J connectivity index is 1.30. The number of carbonyl (C=O) groups is 2. The molecule has 35 heavy (non-hydrogen) atoms. The second kappa shape index (κ2) is 11.7. The van der Waals surface area contributed by atoms with Gasteiger partial charge in [-0.2, -0.15) is 5.26 Å². The maximum atomic E-state index is 12.6. The highest BCUT2D eigenvalue weighted by atomic mass is 16.5. The zero-order chi connectivity index (χ0) is 24.5. The molecule has 7 nitrogen and oxygen atoms in total. The average molecular weight is 469 g/mol. The van der Waals surface area contributed by atoms with Crippen molar-refractivity contribution in [2.75, 3.05) is 11.9 Å². The first-order chi connectivity index (χ1) is 17.1. The molecule has 0 unspecified atom stereocenters. The van der Waals surface area contributed by atoms with Gasteiger partial charge in [0.05, 0.1) is 12.5 Å². The van der Waals surface area contributed by atoms with Crippen LogP contribution in [0.1, 0.15) is 35.1 Å². The van der Waals surface area contributed by atoms with Gasteiger partial charge in [0, 0.05) is 37.3 Å². The Morgan fingerprint density at radius 3 is 2.57 bits per heavy atom. The van der Waals surface area contributed by atoms with Gasteiger partial charge in [0.25, 0.3) is 0 Å². The number of nitrogens with zero attached hydrogens (tertiary/aromatic N) is 2. The highest BCUT2D eigenvalue weighted by molar-refractivity contribution is 5.90. The van der Waals surface area contributed by atoms with Crippen molar-refractivity contribution in [3.63, 3.8) is 0 Å².